The molecule has 1 saturated heterocycles. The molecular weight excluding hydrogens is 218 g/mol. The second kappa shape index (κ2) is 4.80. The van der Waals surface area contributed by atoms with Crippen LogP contribution in [-0.2, 0) is 0 Å². The number of imidazole rings is 1. The molecule has 0 radical (unpaired) electrons. The number of H-pyrrole nitrogens is 1. The van der Waals surface area contributed by atoms with Crippen LogP contribution in [0.3, 0.4) is 0 Å². The summed E-state index contributed by atoms with van der Waals surface area (Å²) >= 11 is 2.03. The maximum atomic E-state index is 4.57. The van der Waals surface area contributed by atoms with E-state index in [4.69, 9.17) is 0 Å². The van der Waals surface area contributed by atoms with E-state index in [0.717, 1.165) is 6.54 Å². The van der Waals surface area contributed by atoms with Gasteiger partial charge in [0.05, 0.1) is 11.7 Å². The second-order valence-corrected chi connectivity index (χ2v) is 5.94. The second-order valence-electron chi connectivity index (χ2n) is 4.79. The SMILES string of the molecule is c1nc(C2CCCC2)[nH]c1C1CSCCN1. The predicted molar refractivity (Wildman–Crippen MR) is 67.9 cm³/mol. The molecule has 0 bridgehead atoms. The van der Waals surface area contributed by atoms with E-state index in [1.165, 1.54) is 48.7 Å². The number of nitrogens with one attached hydrogen (secondary N) is 2. The number of rotatable bonds is 2. The summed E-state index contributed by atoms with van der Waals surface area (Å²) in [4.78, 5) is 8.11. The van der Waals surface area contributed by atoms with Gasteiger partial charge in [0.2, 0.25) is 0 Å². The van der Waals surface area contributed by atoms with Gasteiger partial charge in [0.15, 0.2) is 0 Å². The van der Waals surface area contributed by atoms with Crippen LogP contribution in [0.15, 0.2) is 6.20 Å². The minimum Gasteiger partial charge on any atom is -0.344 e. The van der Waals surface area contributed by atoms with Crippen LogP contribution in [0.25, 0.3) is 0 Å². The molecule has 16 heavy (non-hydrogen) atoms. The van der Waals surface area contributed by atoms with Gasteiger partial charge in [-0.25, -0.2) is 4.98 Å². The van der Waals surface area contributed by atoms with Crippen molar-refractivity contribution in [3.8, 4) is 0 Å². The molecule has 0 spiro atoms. The van der Waals surface area contributed by atoms with Crippen molar-refractivity contribution >= 4 is 11.8 Å². The van der Waals surface area contributed by atoms with Crippen molar-refractivity contribution in [2.75, 3.05) is 18.1 Å². The minimum absolute atomic E-state index is 0.487. The van der Waals surface area contributed by atoms with Crippen molar-refractivity contribution in [2.24, 2.45) is 0 Å². The van der Waals surface area contributed by atoms with Gasteiger partial charge in [-0.3, -0.25) is 0 Å². The van der Waals surface area contributed by atoms with E-state index < -0.39 is 0 Å². The molecule has 2 N–H and O–H groups in total. The summed E-state index contributed by atoms with van der Waals surface area (Å²) < 4.78 is 0. The molecule has 4 heteroatoms. The Kier molecular flexibility index (Phi) is 3.20. The zero-order chi connectivity index (χ0) is 10.8. The standard InChI is InChI=1S/C12H19N3S/c1-2-4-9(3-1)12-14-7-10(15-12)11-8-16-6-5-13-11/h7,9,11,13H,1-6,8H2,(H,14,15). The number of thioether (sulfide) groups is 1. The first-order valence-electron chi connectivity index (χ1n) is 6.29. The Morgan fingerprint density at radius 1 is 1.31 bits per heavy atom. The lowest BCUT2D eigenvalue weighted by atomic mass is 10.1. The number of aromatic nitrogens is 2. The van der Waals surface area contributed by atoms with Crippen LogP contribution in [0.2, 0.25) is 0 Å². The van der Waals surface area contributed by atoms with Gasteiger partial charge in [-0.1, -0.05) is 12.8 Å². The Morgan fingerprint density at radius 2 is 2.19 bits per heavy atom. The molecule has 3 nitrogen and oxygen atoms in total. The molecule has 1 aliphatic heterocycles. The van der Waals surface area contributed by atoms with E-state index in [0.29, 0.717) is 12.0 Å². The van der Waals surface area contributed by atoms with E-state index in [1.54, 1.807) is 0 Å². The maximum absolute atomic E-state index is 4.57. The van der Waals surface area contributed by atoms with Gasteiger partial charge in [-0.15, -0.1) is 0 Å². The largest absolute Gasteiger partial charge is 0.344 e. The third-order valence-corrected chi connectivity index (χ3v) is 4.72. The van der Waals surface area contributed by atoms with Gasteiger partial charge in [-0.2, -0.15) is 11.8 Å². The predicted octanol–water partition coefficient (Wildman–Crippen LogP) is 2.44. The summed E-state index contributed by atoms with van der Waals surface area (Å²) in [6.07, 6.45) is 7.42. The molecular formula is C12H19N3S. The zero-order valence-electron chi connectivity index (χ0n) is 9.54. The molecule has 2 fully saturated rings. The fourth-order valence-electron chi connectivity index (χ4n) is 2.70. The molecule has 3 rings (SSSR count). The molecule has 2 aliphatic rings. The van der Waals surface area contributed by atoms with Crippen molar-refractivity contribution in [3.63, 3.8) is 0 Å². The van der Waals surface area contributed by atoms with Crippen molar-refractivity contribution in [3.05, 3.63) is 17.7 Å². The summed E-state index contributed by atoms with van der Waals surface area (Å²) in [5, 5.41) is 3.55. The Morgan fingerprint density at radius 3 is 2.94 bits per heavy atom. The maximum Gasteiger partial charge on any atom is 0.109 e. The van der Waals surface area contributed by atoms with Gasteiger partial charge < -0.3 is 10.3 Å². The highest BCUT2D eigenvalue weighted by molar-refractivity contribution is 7.99. The third-order valence-electron chi connectivity index (χ3n) is 3.65. The van der Waals surface area contributed by atoms with E-state index in [-0.39, 0.29) is 0 Å². The molecule has 1 aliphatic carbocycles. The molecule has 1 aromatic heterocycles. The molecule has 1 atom stereocenters. The highest BCUT2D eigenvalue weighted by atomic mass is 32.2. The molecule has 1 aromatic rings. The fourth-order valence-corrected chi connectivity index (χ4v) is 3.66. The van der Waals surface area contributed by atoms with Gasteiger partial charge in [0.25, 0.3) is 0 Å². The Hall–Kier alpha value is -0.480. The van der Waals surface area contributed by atoms with Crippen LogP contribution in [0, 0.1) is 0 Å². The van der Waals surface area contributed by atoms with E-state index in [9.17, 15) is 0 Å². The Bertz CT molecular complexity index is 338. The average molecular weight is 237 g/mol. The summed E-state index contributed by atoms with van der Waals surface area (Å²) in [6.45, 7) is 1.12. The van der Waals surface area contributed by atoms with Crippen LogP contribution in [0.1, 0.15) is 49.2 Å². The molecule has 88 valence electrons. The summed E-state index contributed by atoms with van der Waals surface area (Å²) in [5.41, 5.74) is 1.29. The van der Waals surface area contributed by atoms with Crippen molar-refractivity contribution < 1.29 is 0 Å². The van der Waals surface area contributed by atoms with E-state index in [1.807, 2.05) is 18.0 Å². The van der Waals surface area contributed by atoms with Gasteiger partial charge in [0, 0.05) is 30.2 Å². The van der Waals surface area contributed by atoms with Crippen LogP contribution in [-0.4, -0.2) is 28.0 Å². The normalized spacial score (nSPS) is 27.4. The van der Waals surface area contributed by atoms with E-state index >= 15 is 0 Å². The van der Waals surface area contributed by atoms with Gasteiger partial charge >= 0.3 is 0 Å². The average Bonchev–Trinajstić information content (AvgIpc) is 3.01. The summed E-state index contributed by atoms with van der Waals surface area (Å²) in [6, 6.07) is 0.487. The monoisotopic (exact) mass is 237 g/mol. The lowest BCUT2D eigenvalue weighted by Crippen LogP contribution is -2.30. The van der Waals surface area contributed by atoms with Gasteiger partial charge in [-0.05, 0) is 12.8 Å². The highest BCUT2D eigenvalue weighted by Crippen LogP contribution is 2.33. The Labute approximate surface area is 101 Å². The summed E-state index contributed by atoms with van der Waals surface area (Å²) in [7, 11) is 0. The lowest BCUT2D eigenvalue weighted by molar-refractivity contribution is 0.579. The van der Waals surface area contributed by atoms with E-state index in [2.05, 4.69) is 15.3 Å². The smallest absolute Gasteiger partial charge is 0.109 e. The van der Waals surface area contributed by atoms with Crippen LogP contribution >= 0.6 is 11.8 Å². The quantitative estimate of drug-likeness (QED) is 0.830. The van der Waals surface area contributed by atoms with Crippen molar-refractivity contribution in [1.82, 2.24) is 15.3 Å². The van der Waals surface area contributed by atoms with Crippen molar-refractivity contribution in [2.45, 2.75) is 37.6 Å². The lowest BCUT2D eigenvalue weighted by Gasteiger charge is -2.21. The number of aromatic amines is 1. The first kappa shape index (κ1) is 10.7. The number of hydrogen-bond acceptors (Lipinski definition) is 3. The summed E-state index contributed by atoms with van der Waals surface area (Å²) in [5.74, 6) is 4.33. The number of hydrogen-bond donors (Lipinski definition) is 2. The zero-order valence-corrected chi connectivity index (χ0v) is 10.4. The molecule has 0 aromatic carbocycles. The molecule has 2 heterocycles. The topological polar surface area (TPSA) is 40.7 Å². The van der Waals surface area contributed by atoms with Gasteiger partial charge in [0.1, 0.15) is 5.82 Å². The first-order valence-corrected chi connectivity index (χ1v) is 7.45. The highest BCUT2D eigenvalue weighted by Gasteiger charge is 2.22. The fraction of sp³-hybridized carbons (Fsp3) is 0.750. The first-order chi connectivity index (χ1) is 7.93. The molecule has 1 unspecified atom stereocenters. The molecule has 1 saturated carbocycles. The van der Waals surface area contributed by atoms with Crippen LogP contribution in [0.5, 0.6) is 0 Å². The number of nitrogens with zero attached hydrogens (tertiary/aromatic N) is 1. The van der Waals surface area contributed by atoms with Crippen molar-refractivity contribution in [1.29, 1.82) is 0 Å². The Balaban J connectivity index is 1.71. The third kappa shape index (κ3) is 2.13. The minimum atomic E-state index is 0.487. The molecule has 0 amide bonds. The van der Waals surface area contributed by atoms with Crippen LogP contribution < -0.4 is 5.32 Å². The van der Waals surface area contributed by atoms with Crippen LogP contribution in [0.4, 0.5) is 0 Å².